The zero-order valence-electron chi connectivity index (χ0n) is 6.56. The Bertz CT molecular complexity index is 286. The first-order valence-corrected chi connectivity index (χ1v) is 4.44. The molecule has 3 heteroatoms. The molecule has 1 heterocycles. The largest absolute Gasteiger partial charge is 0.246 e. The van der Waals surface area contributed by atoms with E-state index in [-0.39, 0.29) is 5.82 Å². The fraction of sp³-hybridized carbons (Fsp3) is 0.222. The Kier molecular flexibility index (Phi) is 3.41. The highest BCUT2D eigenvalue weighted by Crippen LogP contribution is 2.13. The van der Waals surface area contributed by atoms with Gasteiger partial charge in [0.15, 0.2) is 0 Å². The van der Waals surface area contributed by atoms with E-state index in [1.807, 2.05) is 0 Å². The summed E-state index contributed by atoms with van der Waals surface area (Å²) in [7, 11) is 0. The van der Waals surface area contributed by atoms with Crippen molar-refractivity contribution in [1.82, 2.24) is 4.98 Å². The molecule has 0 bridgehead atoms. The van der Waals surface area contributed by atoms with E-state index in [1.165, 1.54) is 6.20 Å². The van der Waals surface area contributed by atoms with Crippen molar-refractivity contribution in [3.05, 3.63) is 40.9 Å². The van der Waals surface area contributed by atoms with Crippen molar-refractivity contribution in [3.63, 3.8) is 0 Å². The third-order valence-corrected chi connectivity index (χ3v) is 1.95. The summed E-state index contributed by atoms with van der Waals surface area (Å²) in [6.07, 6.45) is 4.46. The molecule has 12 heavy (non-hydrogen) atoms. The zero-order chi connectivity index (χ0) is 8.97. The first-order chi connectivity index (χ1) is 5.74. The molecule has 1 nitrogen and oxygen atoms in total. The number of rotatable bonds is 3. The number of hydrogen-bond acceptors (Lipinski definition) is 1. The average Bonchev–Trinajstić information content (AvgIpc) is 2.07. The van der Waals surface area contributed by atoms with Crippen LogP contribution in [-0.2, 0) is 6.42 Å². The standard InChI is InChI=1S/C9H9BrFN/c1-2-3-4-7-5-9(10)12-6-8(7)11/h2,5-6H,1,3-4H2. The van der Waals surface area contributed by atoms with Crippen molar-refractivity contribution in [2.24, 2.45) is 0 Å². The summed E-state index contributed by atoms with van der Waals surface area (Å²) in [4.78, 5) is 3.76. The van der Waals surface area contributed by atoms with E-state index < -0.39 is 0 Å². The van der Waals surface area contributed by atoms with Gasteiger partial charge in [0.05, 0.1) is 6.20 Å². The van der Waals surface area contributed by atoms with Crippen molar-refractivity contribution in [1.29, 1.82) is 0 Å². The summed E-state index contributed by atoms with van der Waals surface area (Å²) in [5.41, 5.74) is 0.678. The molecule has 0 spiro atoms. The summed E-state index contributed by atoms with van der Waals surface area (Å²) < 4.78 is 13.6. The molecule has 0 aliphatic carbocycles. The van der Waals surface area contributed by atoms with Gasteiger partial charge in [-0.25, -0.2) is 9.37 Å². The van der Waals surface area contributed by atoms with Crippen molar-refractivity contribution < 1.29 is 4.39 Å². The lowest BCUT2D eigenvalue weighted by Gasteiger charge is -2.00. The Morgan fingerprint density at radius 2 is 2.42 bits per heavy atom. The van der Waals surface area contributed by atoms with Crippen LogP contribution in [0.15, 0.2) is 29.5 Å². The molecule has 0 aromatic carbocycles. The summed E-state index contributed by atoms with van der Waals surface area (Å²) in [6.45, 7) is 3.58. The first kappa shape index (κ1) is 9.39. The van der Waals surface area contributed by atoms with E-state index >= 15 is 0 Å². The molecule has 0 aliphatic heterocycles. The second kappa shape index (κ2) is 4.36. The number of halogens is 2. The Labute approximate surface area is 79.5 Å². The highest BCUT2D eigenvalue weighted by atomic mass is 79.9. The smallest absolute Gasteiger partial charge is 0.144 e. The van der Waals surface area contributed by atoms with Gasteiger partial charge in [0.1, 0.15) is 10.4 Å². The number of aryl methyl sites for hydroxylation is 1. The maximum Gasteiger partial charge on any atom is 0.144 e. The normalized spacial score (nSPS) is 9.83. The number of allylic oxidation sites excluding steroid dienone is 1. The van der Waals surface area contributed by atoms with Crippen LogP contribution in [0.2, 0.25) is 0 Å². The lowest BCUT2D eigenvalue weighted by atomic mass is 10.1. The van der Waals surface area contributed by atoms with Crippen molar-refractivity contribution in [3.8, 4) is 0 Å². The molecule has 0 amide bonds. The van der Waals surface area contributed by atoms with Crippen molar-refractivity contribution in [2.45, 2.75) is 12.8 Å². The van der Waals surface area contributed by atoms with Crippen LogP contribution in [0.5, 0.6) is 0 Å². The monoisotopic (exact) mass is 229 g/mol. The summed E-state index contributed by atoms with van der Waals surface area (Å²) in [5.74, 6) is -0.250. The second-order valence-corrected chi connectivity index (χ2v) is 3.24. The molecule has 0 fully saturated rings. The topological polar surface area (TPSA) is 12.9 Å². The molecule has 0 N–H and O–H groups in total. The van der Waals surface area contributed by atoms with Crippen LogP contribution in [0.3, 0.4) is 0 Å². The zero-order valence-corrected chi connectivity index (χ0v) is 8.14. The number of aromatic nitrogens is 1. The number of hydrogen-bond donors (Lipinski definition) is 0. The highest BCUT2D eigenvalue weighted by Gasteiger charge is 2.01. The first-order valence-electron chi connectivity index (χ1n) is 3.65. The van der Waals surface area contributed by atoms with Crippen LogP contribution >= 0.6 is 15.9 Å². The minimum absolute atomic E-state index is 0.250. The van der Waals surface area contributed by atoms with Crippen LogP contribution in [0.4, 0.5) is 4.39 Å². The summed E-state index contributed by atoms with van der Waals surface area (Å²) in [6, 6.07) is 1.69. The lowest BCUT2D eigenvalue weighted by molar-refractivity contribution is 0.602. The lowest BCUT2D eigenvalue weighted by Crippen LogP contribution is -1.91. The molecule has 0 aliphatic rings. The van der Waals surface area contributed by atoms with Crippen LogP contribution in [0.25, 0.3) is 0 Å². The van der Waals surface area contributed by atoms with E-state index in [0.29, 0.717) is 16.6 Å². The van der Waals surface area contributed by atoms with Gasteiger partial charge in [-0.3, -0.25) is 0 Å². The van der Waals surface area contributed by atoms with Gasteiger partial charge >= 0.3 is 0 Å². The summed E-state index contributed by atoms with van der Waals surface area (Å²) in [5, 5.41) is 0. The SMILES string of the molecule is C=CCCc1cc(Br)ncc1F. The quantitative estimate of drug-likeness (QED) is 0.574. The fourth-order valence-corrected chi connectivity index (χ4v) is 1.28. The predicted molar refractivity (Wildman–Crippen MR) is 50.4 cm³/mol. The minimum Gasteiger partial charge on any atom is -0.246 e. The van der Waals surface area contributed by atoms with Crippen LogP contribution in [-0.4, -0.2) is 4.98 Å². The van der Waals surface area contributed by atoms with Gasteiger partial charge in [0.2, 0.25) is 0 Å². The van der Waals surface area contributed by atoms with E-state index in [2.05, 4.69) is 27.5 Å². The van der Waals surface area contributed by atoms with Crippen LogP contribution in [0.1, 0.15) is 12.0 Å². The van der Waals surface area contributed by atoms with Crippen LogP contribution in [0, 0.1) is 5.82 Å². The van der Waals surface area contributed by atoms with E-state index in [0.717, 1.165) is 6.42 Å². The molecule has 0 radical (unpaired) electrons. The maximum atomic E-state index is 13.0. The molecule has 64 valence electrons. The average molecular weight is 230 g/mol. The fourth-order valence-electron chi connectivity index (χ4n) is 0.900. The predicted octanol–water partition coefficient (Wildman–Crippen LogP) is 3.10. The molecular formula is C9H9BrFN. The Hall–Kier alpha value is -0.700. The van der Waals surface area contributed by atoms with Gasteiger partial charge in [-0.05, 0) is 40.4 Å². The summed E-state index contributed by atoms with van der Waals surface area (Å²) >= 11 is 3.18. The third kappa shape index (κ3) is 2.41. The Balaban J connectivity index is 2.82. The molecule has 1 aromatic rings. The molecule has 0 atom stereocenters. The van der Waals surface area contributed by atoms with Gasteiger partial charge in [-0.1, -0.05) is 6.08 Å². The molecule has 1 aromatic heterocycles. The highest BCUT2D eigenvalue weighted by molar-refractivity contribution is 9.10. The van der Waals surface area contributed by atoms with E-state index in [4.69, 9.17) is 0 Å². The van der Waals surface area contributed by atoms with Gasteiger partial charge in [-0.15, -0.1) is 6.58 Å². The molecule has 0 saturated heterocycles. The van der Waals surface area contributed by atoms with Gasteiger partial charge in [0, 0.05) is 0 Å². The molecule has 1 rings (SSSR count). The molecule has 0 unspecified atom stereocenters. The minimum atomic E-state index is -0.250. The van der Waals surface area contributed by atoms with Crippen LogP contribution < -0.4 is 0 Å². The maximum absolute atomic E-state index is 13.0. The number of pyridine rings is 1. The van der Waals surface area contributed by atoms with Crippen molar-refractivity contribution in [2.75, 3.05) is 0 Å². The number of nitrogens with zero attached hydrogens (tertiary/aromatic N) is 1. The molecule has 0 saturated carbocycles. The van der Waals surface area contributed by atoms with Gasteiger partial charge in [0.25, 0.3) is 0 Å². The third-order valence-electron chi connectivity index (χ3n) is 1.52. The molecular weight excluding hydrogens is 221 g/mol. The second-order valence-electron chi connectivity index (χ2n) is 2.43. The van der Waals surface area contributed by atoms with E-state index in [9.17, 15) is 4.39 Å². The van der Waals surface area contributed by atoms with Gasteiger partial charge in [-0.2, -0.15) is 0 Å². The van der Waals surface area contributed by atoms with E-state index in [1.54, 1.807) is 12.1 Å². The Morgan fingerprint density at radius 1 is 1.67 bits per heavy atom. The Morgan fingerprint density at radius 3 is 3.08 bits per heavy atom. The van der Waals surface area contributed by atoms with Gasteiger partial charge < -0.3 is 0 Å². The van der Waals surface area contributed by atoms with Crippen molar-refractivity contribution >= 4 is 15.9 Å².